The lowest BCUT2D eigenvalue weighted by molar-refractivity contribution is -0.117. The van der Waals surface area contributed by atoms with Crippen LogP contribution in [0.4, 0.5) is 0 Å². The van der Waals surface area contributed by atoms with E-state index in [1.54, 1.807) is 7.11 Å². The Balaban J connectivity index is 1.64. The van der Waals surface area contributed by atoms with E-state index in [-0.39, 0.29) is 17.4 Å². The maximum Gasteiger partial charge on any atom is 0.119 e. The van der Waals surface area contributed by atoms with Crippen LogP contribution in [0.3, 0.4) is 0 Å². The highest BCUT2D eigenvalue weighted by molar-refractivity contribution is 5.41. The highest BCUT2D eigenvalue weighted by atomic mass is 16.5. The molecule has 2 fully saturated rings. The topological polar surface area (TPSA) is 38.7 Å². The number of aryl methyl sites for hydroxylation is 1. The quantitative estimate of drug-likeness (QED) is 0.794. The van der Waals surface area contributed by atoms with Crippen LogP contribution < -0.4 is 4.74 Å². The lowest BCUT2D eigenvalue weighted by Gasteiger charge is -2.54. The van der Waals surface area contributed by atoms with Crippen molar-refractivity contribution in [1.82, 2.24) is 0 Å². The first-order chi connectivity index (χ1) is 13.0. The van der Waals surface area contributed by atoms with E-state index >= 15 is 0 Å². The van der Waals surface area contributed by atoms with Crippen molar-refractivity contribution < 1.29 is 14.6 Å². The Morgan fingerprint density at radius 3 is 2.74 bits per heavy atom. The summed E-state index contributed by atoms with van der Waals surface area (Å²) in [6.07, 6.45) is 6.79. The van der Waals surface area contributed by atoms with E-state index in [0.717, 1.165) is 38.0 Å². The largest absolute Gasteiger partial charge is 0.497 e. The Bertz CT molecular complexity index is 670. The van der Waals surface area contributed by atoms with E-state index in [9.17, 15) is 5.11 Å². The number of ether oxygens (including phenoxy) is 2. The maximum atomic E-state index is 11.3. The van der Waals surface area contributed by atoms with Crippen molar-refractivity contribution >= 4 is 0 Å². The fraction of sp³-hybridized carbons (Fsp3) is 0.750. The second kappa shape index (κ2) is 7.40. The Morgan fingerprint density at radius 1 is 1.22 bits per heavy atom. The zero-order valence-corrected chi connectivity index (χ0v) is 17.4. The predicted octanol–water partition coefficient (Wildman–Crippen LogP) is 4.95. The molecule has 1 aromatic carbocycles. The highest BCUT2D eigenvalue weighted by Gasteiger charge is 2.59. The van der Waals surface area contributed by atoms with Crippen molar-refractivity contribution in [2.24, 2.45) is 23.2 Å². The first-order valence-electron chi connectivity index (χ1n) is 11.0. The minimum absolute atomic E-state index is 0.166. The molecule has 0 aromatic heterocycles. The third kappa shape index (κ3) is 3.11. The Morgan fingerprint density at radius 2 is 2.04 bits per heavy atom. The van der Waals surface area contributed by atoms with Crippen LogP contribution in [-0.4, -0.2) is 31.0 Å². The van der Waals surface area contributed by atoms with Crippen LogP contribution in [0.15, 0.2) is 18.2 Å². The first kappa shape index (κ1) is 19.3. The molecule has 0 bridgehead atoms. The minimum atomic E-state index is -0.262. The molecule has 150 valence electrons. The van der Waals surface area contributed by atoms with Gasteiger partial charge in [-0.05, 0) is 79.5 Å². The number of fused-ring (bicyclic) bond motifs is 5. The summed E-state index contributed by atoms with van der Waals surface area (Å²) in [6.45, 7) is 7.61. The minimum Gasteiger partial charge on any atom is -0.497 e. The molecule has 0 amide bonds. The monoisotopic (exact) mass is 372 g/mol. The van der Waals surface area contributed by atoms with Crippen LogP contribution in [0.1, 0.15) is 69.9 Å². The van der Waals surface area contributed by atoms with Gasteiger partial charge in [0.2, 0.25) is 0 Å². The lowest BCUT2D eigenvalue weighted by atomic mass is 9.53. The zero-order valence-electron chi connectivity index (χ0n) is 17.4. The normalized spacial score (nSPS) is 37.6. The van der Waals surface area contributed by atoms with E-state index in [4.69, 9.17) is 9.47 Å². The SMILES string of the molecule is CC[C@]12C[C@@H](O)[C@@H]3c4ccc(OC)cc4CC[C@H]3[C@@H]1CC[C@@H]2OCC(C)C. The van der Waals surface area contributed by atoms with Crippen LogP contribution in [0.5, 0.6) is 5.75 Å². The van der Waals surface area contributed by atoms with Crippen LogP contribution in [0.25, 0.3) is 0 Å². The number of hydrogen-bond donors (Lipinski definition) is 1. The van der Waals surface area contributed by atoms with Gasteiger partial charge < -0.3 is 14.6 Å². The van der Waals surface area contributed by atoms with Crippen LogP contribution in [0.2, 0.25) is 0 Å². The smallest absolute Gasteiger partial charge is 0.119 e. The summed E-state index contributed by atoms with van der Waals surface area (Å²) in [4.78, 5) is 0. The molecule has 0 heterocycles. The summed E-state index contributed by atoms with van der Waals surface area (Å²) in [5.74, 6) is 3.05. The Kier molecular flexibility index (Phi) is 5.28. The van der Waals surface area contributed by atoms with Crippen molar-refractivity contribution in [1.29, 1.82) is 0 Å². The number of hydrogen-bond acceptors (Lipinski definition) is 3. The zero-order chi connectivity index (χ0) is 19.2. The number of benzene rings is 1. The van der Waals surface area contributed by atoms with E-state index in [1.165, 1.54) is 24.0 Å². The third-order valence-corrected chi connectivity index (χ3v) is 7.85. The van der Waals surface area contributed by atoms with Crippen LogP contribution >= 0.6 is 0 Å². The summed E-state index contributed by atoms with van der Waals surface area (Å²) in [7, 11) is 1.73. The second-order valence-electron chi connectivity index (χ2n) is 9.55. The molecule has 3 aliphatic rings. The molecule has 1 aromatic rings. The number of aliphatic hydroxyl groups is 1. The van der Waals surface area contributed by atoms with Crippen molar-refractivity contribution in [3.8, 4) is 5.75 Å². The van der Waals surface area contributed by atoms with Crippen molar-refractivity contribution in [3.63, 3.8) is 0 Å². The molecule has 0 radical (unpaired) electrons. The first-order valence-corrected chi connectivity index (χ1v) is 11.0. The molecule has 0 spiro atoms. The highest BCUT2D eigenvalue weighted by Crippen LogP contribution is 2.63. The predicted molar refractivity (Wildman–Crippen MR) is 108 cm³/mol. The van der Waals surface area contributed by atoms with Crippen molar-refractivity contribution in [2.45, 2.75) is 77.4 Å². The number of methoxy groups -OCH3 is 1. The lowest BCUT2D eigenvalue weighted by Crippen LogP contribution is -2.51. The average Bonchev–Trinajstić information content (AvgIpc) is 3.04. The molecule has 0 saturated heterocycles. The van der Waals surface area contributed by atoms with Gasteiger partial charge in [0.25, 0.3) is 0 Å². The summed E-state index contributed by atoms with van der Waals surface area (Å²) in [6, 6.07) is 6.47. The molecule has 1 N–H and O–H groups in total. The van der Waals surface area contributed by atoms with Crippen LogP contribution in [0, 0.1) is 23.2 Å². The molecule has 3 aliphatic carbocycles. The summed E-state index contributed by atoms with van der Waals surface area (Å²) >= 11 is 0. The fourth-order valence-electron chi connectivity index (χ4n) is 6.70. The second-order valence-corrected chi connectivity index (χ2v) is 9.55. The molecule has 27 heavy (non-hydrogen) atoms. The van der Waals surface area contributed by atoms with E-state index in [0.29, 0.717) is 23.9 Å². The van der Waals surface area contributed by atoms with Crippen molar-refractivity contribution in [3.05, 3.63) is 29.3 Å². The van der Waals surface area contributed by atoms with Gasteiger partial charge in [-0.2, -0.15) is 0 Å². The van der Waals surface area contributed by atoms with Gasteiger partial charge in [0, 0.05) is 17.9 Å². The van der Waals surface area contributed by atoms with Gasteiger partial charge in [-0.3, -0.25) is 0 Å². The van der Waals surface area contributed by atoms with E-state index in [2.05, 4.69) is 39.0 Å². The molecular weight excluding hydrogens is 336 g/mol. The van der Waals surface area contributed by atoms with Gasteiger partial charge in [-0.15, -0.1) is 0 Å². The van der Waals surface area contributed by atoms with Gasteiger partial charge in [0.05, 0.1) is 19.3 Å². The molecule has 6 atom stereocenters. The van der Waals surface area contributed by atoms with Crippen LogP contribution in [-0.2, 0) is 11.2 Å². The fourth-order valence-corrected chi connectivity index (χ4v) is 6.70. The molecule has 0 aliphatic heterocycles. The number of rotatable bonds is 5. The summed E-state index contributed by atoms with van der Waals surface area (Å²) in [5, 5.41) is 11.3. The average molecular weight is 373 g/mol. The molecule has 3 heteroatoms. The van der Waals surface area contributed by atoms with Gasteiger partial charge in [0.1, 0.15) is 5.75 Å². The van der Waals surface area contributed by atoms with E-state index in [1.807, 2.05) is 0 Å². The van der Waals surface area contributed by atoms with Gasteiger partial charge >= 0.3 is 0 Å². The molecule has 3 nitrogen and oxygen atoms in total. The molecule has 4 rings (SSSR count). The Labute approximate surface area is 164 Å². The van der Waals surface area contributed by atoms with E-state index < -0.39 is 0 Å². The molecular formula is C24H36O3. The van der Waals surface area contributed by atoms with Gasteiger partial charge in [0.15, 0.2) is 0 Å². The Hall–Kier alpha value is -1.06. The summed E-state index contributed by atoms with van der Waals surface area (Å²) < 4.78 is 11.9. The molecule has 0 unspecified atom stereocenters. The molecule has 2 saturated carbocycles. The standard InChI is InChI=1S/C24H36O3/c1-5-24-13-21(25)23-18-9-7-17(26-4)12-16(18)6-8-19(23)20(24)10-11-22(24)27-14-15(2)3/h7,9,12,15,19-23,25H,5-6,8,10-11,13-14H2,1-4H3/t19-,20-,21+,22-,23+,24-/m0/s1. The maximum absolute atomic E-state index is 11.3. The third-order valence-electron chi connectivity index (χ3n) is 7.85. The summed E-state index contributed by atoms with van der Waals surface area (Å²) in [5.41, 5.74) is 2.92. The number of aliphatic hydroxyl groups excluding tert-OH is 1. The van der Waals surface area contributed by atoms with Gasteiger partial charge in [-0.1, -0.05) is 26.8 Å². The van der Waals surface area contributed by atoms with Gasteiger partial charge in [-0.25, -0.2) is 0 Å². The van der Waals surface area contributed by atoms with Crippen molar-refractivity contribution in [2.75, 3.05) is 13.7 Å².